The molecule has 3 rings (SSSR count). The predicted molar refractivity (Wildman–Crippen MR) is 73.1 cm³/mol. The number of nitrogens with zero attached hydrogens (tertiary/aromatic N) is 2. The van der Waals surface area contributed by atoms with Gasteiger partial charge in [-0.1, -0.05) is 0 Å². The number of rotatable bonds is 2. The first-order valence-corrected chi connectivity index (χ1v) is 6.51. The number of anilines is 1. The molecule has 1 saturated heterocycles. The minimum atomic E-state index is 0.536. The highest BCUT2D eigenvalue weighted by molar-refractivity contribution is 5.80. The molecule has 96 valence electrons. The average molecular weight is 245 g/mol. The first-order chi connectivity index (χ1) is 8.79. The molecule has 0 amide bonds. The van der Waals surface area contributed by atoms with Crippen molar-refractivity contribution >= 4 is 16.7 Å². The first kappa shape index (κ1) is 11.5. The number of hydrogen-bond donors (Lipinski definition) is 1. The van der Waals surface area contributed by atoms with Crippen molar-refractivity contribution in [2.75, 3.05) is 25.6 Å². The number of hydrogen-bond acceptors (Lipinski definition) is 3. The van der Waals surface area contributed by atoms with E-state index in [1.807, 2.05) is 7.05 Å². The van der Waals surface area contributed by atoms with Crippen LogP contribution in [0.3, 0.4) is 0 Å². The van der Waals surface area contributed by atoms with Crippen molar-refractivity contribution in [3.63, 3.8) is 0 Å². The fourth-order valence-electron chi connectivity index (χ4n) is 2.68. The number of nitrogens with one attached hydrogen (secondary N) is 1. The Hall–Kier alpha value is -1.55. The highest BCUT2D eigenvalue weighted by Crippen LogP contribution is 2.29. The molecule has 2 heterocycles. The number of benzene rings is 1. The minimum Gasteiger partial charge on any atom is -0.388 e. The van der Waals surface area contributed by atoms with Crippen molar-refractivity contribution in [3.8, 4) is 0 Å². The summed E-state index contributed by atoms with van der Waals surface area (Å²) in [6.07, 6.45) is 2.16. The van der Waals surface area contributed by atoms with Crippen LogP contribution in [0.15, 0.2) is 18.2 Å². The number of imidazole rings is 1. The molecule has 0 unspecified atom stereocenters. The van der Waals surface area contributed by atoms with Crippen LogP contribution in [0, 0.1) is 0 Å². The monoisotopic (exact) mass is 245 g/mol. The first-order valence-electron chi connectivity index (χ1n) is 6.51. The van der Waals surface area contributed by atoms with Crippen LogP contribution in [0.25, 0.3) is 11.0 Å². The molecule has 1 fully saturated rings. The summed E-state index contributed by atoms with van der Waals surface area (Å²) in [4.78, 5) is 4.79. The molecule has 0 aliphatic carbocycles. The van der Waals surface area contributed by atoms with Crippen LogP contribution in [-0.2, 0) is 11.8 Å². The summed E-state index contributed by atoms with van der Waals surface area (Å²) in [7, 11) is 4.05. The van der Waals surface area contributed by atoms with Crippen molar-refractivity contribution < 1.29 is 4.74 Å². The molecule has 1 aliphatic rings. The Balaban J connectivity index is 2.04. The number of aryl methyl sites for hydroxylation is 1. The summed E-state index contributed by atoms with van der Waals surface area (Å²) in [5.74, 6) is 1.73. The molecule has 0 spiro atoms. The molecule has 0 saturated carbocycles. The van der Waals surface area contributed by atoms with E-state index in [0.29, 0.717) is 5.92 Å². The zero-order chi connectivity index (χ0) is 12.5. The summed E-state index contributed by atoms with van der Waals surface area (Å²) >= 11 is 0. The molecular formula is C14H19N3O. The van der Waals surface area contributed by atoms with E-state index in [2.05, 4.69) is 35.1 Å². The van der Waals surface area contributed by atoms with Gasteiger partial charge >= 0.3 is 0 Å². The third kappa shape index (κ3) is 1.86. The van der Waals surface area contributed by atoms with Gasteiger partial charge in [-0.05, 0) is 31.0 Å². The summed E-state index contributed by atoms with van der Waals surface area (Å²) in [5.41, 5.74) is 3.41. The lowest BCUT2D eigenvalue weighted by molar-refractivity contribution is 0.0831. The van der Waals surface area contributed by atoms with Crippen LogP contribution < -0.4 is 5.32 Å². The van der Waals surface area contributed by atoms with Crippen molar-refractivity contribution in [1.82, 2.24) is 9.55 Å². The molecule has 18 heavy (non-hydrogen) atoms. The maximum absolute atomic E-state index is 5.42. The van der Waals surface area contributed by atoms with Crippen LogP contribution in [0.2, 0.25) is 0 Å². The lowest BCUT2D eigenvalue weighted by atomic mass is 9.99. The number of aromatic nitrogens is 2. The third-order valence-corrected chi connectivity index (χ3v) is 3.79. The molecule has 1 aromatic heterocycles. The highest BCUT2D eigenvalue weighted by atomic mass is 16.5. The lowest BCUT2D eigenvalue weighted by Gasteiger charge is -2.21. The van der Waals surface area contributed by atoms with Crippen molar-refractivity contribution in [2.24, 2.45) is 7.05 Å². The molecule has 1 N–H and O–H groups in total. The van der Waals surface area contributed by atoms with Crippen molar-refractivity contribution in [1.29, 1.82) is 0 Å². The van der Waals surface area contributed by atoms with Gasteiger partial charge < -0.3 is 14.6 Å². The zero-order valence-corrected chi connectivity index (χ0v) is 10.9. The molecule has 4 nitrogen and oxygen atoms in total. The van der Waals surface area contributed by atoms with Gasteiger partial charge in [-0.3, -0.25) is 0 Å². The second-order valence-corrected chi connectivity index (χ2v) is 4.87. The summed E-state index contributed by atoms with van der Waals surface area (Å²) in [6, 6.07) is 6.32. The second-order valence-electron chi connectivity index (χ2n) is 4.87. The predicted octanol–water partition coefficient (Wildman–Crippen LogP) is 2.51. The van der Waals surface area contributed by atoms with Crippen LogP contribution in [-0.4, -0.2) is 29.8 Å². The van der Waals surface area contributed by atoms with Gasteiger partial charge in [-0.2, -0.15) is 0 Å². The van der Waals surface area contributed by atoms with Crippen LogP contribution in [0.1, 0.15) is 24.6 Å². The largest absolute Gasteiger partial charge is 0.388 e. The van der Waals surface area contributed by atoms with E-state index < -0.39 is 0 Å². The van der Waals surface area contributed by atoms with Gasteiger partial charge in [0.25, 0.3) is 0 Å². The van der Waals surface area contributed by atoms with Crippen LogP contribution in [0.5, 0.6) is 0 Å². The zero-order valence-electron chi connectivity index (χ0n) is 10.9. The van der Waals surface area contributed by atoms with Gasteiger partial charge in [0, 0.05) is 38.9 Å². The topological polar surface area (TPSA) is 39.1 Å². The third-order valence-electron chi connectivity index (χ3n) is 3.79. The van der Waals surface area contributed by atoms with Crippen molar-refractivity contribution in [2.45, 2.75) is 18.8 Å². The Labute approximate surface area is 107 Å². The number of ether oxygens (including phenoxy) is 1. The quantitative estimate of drug-likeness (QED) is 0.883. The Bertz CT molecular complexity index is 555. The van der Waals surface area contributed by atoms with Gasteiger partial charge in [-0.15, -0.1) is 0 Å². The van der Waals surface area contributed by atoms with Gasteiger partial charge in [0.15, 0.2) is 0 Å². The molecule has 4 heteroatoms. The minimum absolute atomic E-state index is 0.536. The Morgan fingerprint density at radius 1 is 1.33 bits per heavy atom. The highest BCUT2D eigenvalue weighted by Gasteiger charge is 2.21. The van der Waals surface area contributed by atoms with E-state index in [9.17, 15) is 0 Å². The van der Waals surface area contributed by atoms with E-state index in [-0.39, 0.29) is 0 Å². The molecule has 0 radical (unpaired) electrons. The number of fused-ring (bicyclic) bond motifs is 1. The smallest absolute Gasteiger partial charge is 0.112 e. The lowest BCUT2D eigenvalue weighted by Crippen LogP contribution is -2.17. The fraction of sp³-hybridized carbons (Fsp3) is 0.500. The molecule has 2 aromatic rings. The molecular weight excluding hydrogens is 226 g/mol. The SMILES string of the molecule is CNc1ccc2nc(C3CCOCC3)n(C)c2c1. The van der Waals surface area contributed by atoms with E-state index in [4.69, 9.17) is 9.72 Å². The fourth-order valence-corrected chi connectivity index (χ4v) is 2.68. The normalized spacial score (nSPS) is 17.2. The summed E-state index contributed by atoms with van der Waals surface area (Å²) in [6.45, 7) is 1.71. The Morgan fingerprint density at radius 3 is 2.83 bits per heavy atom. The van der Waals surface area contributed by atoms with Crippen LogP contribution in [0.4, 0.5) is 5.69 Å². The van der Waals surface area contributed by atoms with E-state index in [1.165, 1.54) is 11.3 Å². The maximum atomic E-state index is 5.42. The Kier molecular flexibility index (Phi) is 2.96. The van der Waals surface area contributed by atoms with Gasteiger partial charge in [0.1, 0.15) is 5.82 Å². The van der Waals surface area contributed by atoms with Gasteiger partial charge in [0.05, 0.1) is 11.0 Å². The summed E-state index contributed by atoms with van der Waals surface area (Å²) in [5, 5.41) is 3.17. The standard InChI is InChI=1S/C14H19N3O/c1-15-11-3-4-12-13(9-11)17(2)14(16-12)10-5-7-18-8-6-10/h3-4,9-10,15H,5-8H2,1-2H3. The molecule has 0 atom stereocenters. The van der Waals surface area contributed by atoms with Crippen LogP contribution >= 0.6 is 0 Å². The summed E-state index contributed by atoms with van der Waals surface area (Å²) < 4.78 is 7.65. The van der Waals surface area contributed by atoms with E-state index in [0.717, 1.165) is 37.3 Å². The van der Waals surface area contributed by atoms with E-state index in [1.54, 1.807) is 0 Å². The average Bonchev–Trinajstić information content (AvgIpc) is 2.77. The maximum Gasteiger partial charge on any atom is 0.112 e. The second kappa shape index (κ2) is 4.61. The molecule has 1 aliphatic heterocycles. The Morgan fingerprint density at radius 2 is 2.11 bits per heavy atom. The molecule has 0 bridgehead atoms. The van der Waals surface area contributed by atoms with Gasteiger partial charge in [0.2, 0.25) is 0 Å². The van der Waals surface area contributed by atoms with Gasteiger partial charge in [-0.25, -0.2) is 4.98 Å². The van der Waals surface area contributed by atoms with E-state index >= 15 is 0 Å². The van der Waals surface area contributed by atoms with Crippen molar-refractivity contribution in [3.05, 3.63) is 24.0 Å². The molecule has 1 aromatic carbocycles.